The largest absolute Gasteiger partial charge is 0.344 e. The van der Waals surface area contributed by atoms with Crippen LogP contribution in [0, 0.1) is 19.3 Å². The number of amides is 1. The van der Waals surface area contributed by atoms with Gasteiger partial charge in [0.1, 0.15) is 0 Å². The SMILES string of the molecule is C#CCNC(=O)CSc1nnc(-c2ccc(Cl)cc2)n1-c1ccccc1C. The van der Waals surface area contributed by atoms with Crippen LogP contribution in [-0.4, -0.2) is 33.0 Å². The molecule has 1 heterocycles. The van der Waals surface area contributed by atoms with Crippen molar-refractivity contribution < 1.29 is 4.79 Å². The molecule has 3 aromatic rings. The molecule has 0 aliphatic rings. The van der Waals surface area contributed by atoms with Crippen molar-refractivity contribution in [2.24, 2.45) is 0 Å². The van der Waals surface area contributed by atoms with Crippen LogP contribution >= 0.6 is 23.4 Å². The summed E-state index contributed by atoms with van der Waals surface area (Å²) in [6.07, 6.45) is 5.17. The maximum Gasteiger partial charge on any atom is 0.231 e. The zero-order valence-corrected chi connectivity index (χ0v) is 16.2. The van der Waals surface area contributed by atoms with Crippen LogP contribution < -0.4 is 5.32 Å². The summed E-state index contributed by atoms with van der Waals surface area (Å²) in [5, 5.41) is 12.6. The summed E-state index contributed by atoms with van der Waals surface area (Å²) in [6.45, 7) is 2.23. The lowest BCUT2D eigenvalue weighted by Gasteiger charge is -2.13. The van der Waals surface area contributed by atoms with Crippen LogP contribution in [0.3, 0.4) is 0 Å². The average Bonchev–Trinajstić information content (AvgIpc) is 3.09. The van der Waals surface area contributed by atoms with E-state index in [4.69, 9.17) is 18.0 Å². The lowest BCUT2D eigenvalue weighted by atomic mass is 10.1. The first-order chi connectivity index (χ1) is 13.1. The van der Waals surface area contributed by atoms with Crippen LogP contribution in [0.4, 0.5) is 0 Å². The first-order valence-electron chi connectivity index (χ1n) is 8.20. The van der Waals surface area contributed by atoms with Crippen molar-refractivity contribution in [2.75, 3.05) is 12.3 Å². The van der Waals surface area contributed by atoms with E-state index in [2.05, 4.69) is 21.4 Å². The minimum absolute atomic E-state index is 0.148. The van der Waals surface area contributed by atoms with Gasteiger partial charge in [-0.3, -0.25) is 9.36 Å². The van der Waals surface area contributed by atoms with Crippen LogP contribution in [0.5, 0.6) is 0 Å². The van der Waals surface area contributed by atoms with Crippen molar-refractivity contribution in [3.63, 3.8) is 0 Å². The number of carbonyl (C=O) groups is 1. The molecule has 5 nitrogen and oxygen atoms in total. The molecule has 0 fully saturated rings. The Morgan fingerprint density at radius 1 is 1.22 bits per heavy atom. The molecule has 0 bridgehead atoms. The molecule has 0 aliphatic carbocycles. The molecule has 1 amide bonds. The van der Waals surface area contributed by atoms with Gasteiger partial charge in [0.25, 0.3) is 0 Å². The molecular formula is C20H17ClN4OS. The van der Waals surface area contributed by atoms with E-state index < -0.39 is 0 Å². The lowest BCUT2D eigenvalue weighted by Crippen LogP contribution is -2.25. The molecule has 1 N–H and O–H groups in total. The molecule has 0 unspecified atom stereocenters. The number of nitrogens with zero attached hydrogens (tertiary/aromatic N) is 3. The third kappa shape index (κ3) is 4.51. The van der Waals surface area contributed by atoms with Crippen LogP contribution in [0.25, 0.3) is 17.1 Å². The van der Waals surface area contributed by atoms with E-state index in [9.17, 15) is 4.79 Å². The molecular weight excluding hydrogens is 380 g/mol. The van der Waals surface area contributed by atoms with Crippen LogP contribution in [0.2, 0.25) is 5.02 Å². The van der Waals surface area contributed by atoms with Gasteiger partial charge < -0.3 is 5.32 Å². The summed E-state index contributed by atoms with van der Waals surface area (Å²) in [5.41, 5.74) is 2.92. The molecule has 0 saturated heterocycles. The number of thioether (sulfide) groups is 1. The highest BCUT2D eigenvalue weighted by Gasteiger charge is 2.18. The lowest BCUT2D eigenvalue weighted by molar-refractivity contribution is -0.118. The number of aromatic nitrogens is 3. The zero-order chi connectivity index (χ0) is 19.2. The van der Waals surface area contributed by atoms with Gasteiger partial charge >= 0.3 is 0 Å². The third-order valence-electron chi connectivity index (χ3n) is 3.81. The van der Waals surface area contributed by atoms with Crippen molar-refractivity contribution in [1.82, 2.24) is 20.1 Å². The Labute approximate surface area is 167 Å². The van der Waals surface area contributed by atoms with Crippen LogP contribution in [0.15, 0.2) is 53.7 Å². The molecule has 0 spiro atoms. The van der Waals surface area contributed by atoms with E-state index >= 15 is 0 Å². The first-order valence-corrected chi connectivity index (χ1v) is 9.57. The molecule has 3 rings (SSSR count). The quantitative estimate of drug-likeness (QED) is 0.509. The van der Waals surface area contributed by atoms with Crippen molar-refractivity contribution in [3.05, 3.63) is 59.1 Å². The molecule has 0 radical (unpaired) electrons. The number of aryl methyl sites for hydroxylation is 1. The van der Waals surface area contributed by atoms with Gasteiger partial charge in [-0.2, -0.15) is 0 Å². The zero-order valence-electron chi connectivity index (χ0n) is 14.6. The first kappa shape index (κ1) is 19.0. The standard InChI is InChI=1S/C20H17ClN4OS/c1-3-12-22-18(26)13-27-20-24-23-19(15-8-10-16(21)11-9-15)25(20)17-7-5-4-6-14(17)2/h1,4-11H,12-13H2,2H3,(H,22,26). The fourth-order valence-corrected chi connectivity index (χ4v) is 3.41. The number of nitrogens with one attached hydrogen (secondary N) is 1. The van der Waals surface area contributed by atoms with E-state index in [0.29, 0.717) is 16.0 Å². The van der Waals surface area contributed by atoms with Gasteiger partial charge in [-0.05, 0) is 42.8 Å². The highest BCUT2D eigenvalue weighted by Crippen LogP contribution is 2.29. The van der Waals surface area contributed by atoms with Gasteiger partial charge in [0.2, 0.25) is 5.91 Å². The smallest absolute Gasteiger partial charge is 0.231 e. The van der Waals surface area contributed by atoms with E-state index in [1.54, 1.807) is 0 Å². The van der Waals surface area contributed by atoms with Gasteiger partial charge in [-0.15, -0.1) is 16.6 Å². The number of rotatable bonds is 6. The molecule has 1 aromatic heterocycles. The maximum atomic E-state index is 11.9. The third-order valence-corrected chi connectivity index (χ3v) is 4.99. The van der Waals surface area contributed by atoms with Crippen molar-refractivity contribution in [3.8, 4) is 29.4 Å². The Kier molecular flexibility index (Phi) is 6.17. The highest BCUT2D eigenvalue weighted by molar-refractivity contribution is 7.99. The number of hydrogen-bond acceptors (Lipinski definition) is 4. The Morgan fingerprint density at radius 2 is 1.96 bits per heavy atom. The van der Waals surface area contributed by atoms with Crippen molar-refractivity contribution in [2.45, 2.75) is 12.1 Å². The van der Waals surface area contributed by atoms with Gasteiger partial charge in [-0.1, -0.05) is 47.5 Å². The van der Waals surface area contributed by atoms with Gasteiger partial charge in [0.05, 0.1) is 18.0 Å². The van der Waals surface area contributed by atoms with Gasteiger partial charge in [0.15, 0.2) is 11.0 Å². The van der Waals surface area contributed by atoms with E-state index in [1.165, 1.54) is 11.8 Å². The molecule has 7 heteroatoms. The van der Waals surface area contributed by atoms with Crippen LogP contribution in [-0.2, 0) is 4.79 Å². The summed E-state index contributed by atoms with van der Waals surface area (Å²) in [5.74, 6) is 3.13. The van der Waals surface area contributed by atoms with Crippen molar-refractivity contribution in [1.29, 1.82) is 0 Å². The molecule has 0 aliphatic heterocycles. The summed E-state index contributed by atoms with van der Waals surface area (Å²) in [4.78, 5) is 11.9. The fraction of sp³-hybridized carbons (Fsp3) is 0.150. The molecule has 136 valence electrons. The second kappa shape index (κ2) is 8.76. The number of hydrogen-bond donors (Lipinski definition) is 1. The number of carbonyl (C=O) groups excluding carboxylic acids is 1. The normalized spacial score (nSPS) is 10.4. The molecule has 2 aromatic carbocycles. The summed E-state index contributed by atoms with van der Waals surface area (Å²) in [7, 11) is 0. The summed E-state index contributed by atoms with van der Waals surface area (Å²) >= 11 is 7.32. The topological polar surface area (TPSA) is 59.8 Å². The summed E-state index contributed by atoms with van der Waals surface area (Å²) in [6, 6.07) is 15.4. The van der Waals surface area contributed by atoms with Gasteiger partial charge in [0, 0.05) is 10.6 Å². The highest BCUT2D eigenvalue weighted by atomic mass is 35.5. The minimum atomic E-state index is -0.148. The van der Waals surface area contributed by atoms with E-state index in [1.807, 2.05) is 60.0 Å². The number of halogens is 1. The molecule has 27 heavy (non-hydrogen) atoms. The Balaban J connectivity index is 1.99. The predicted octanol–water partition coefficient (Wildman–Crippen LogP) is 3.74. The number of terminal acetylenes is 1. The maximum absolute atomic E-state index is 11.9. The minimum Gasteiger partial charge on any atom is -0.344 e. The average molecular weight is 397 g/mol. The van der Waals surface area contributed by atoms with Crippen molar-refractivity contribution >= 4 is 29.3 Å². The molecule has 0 saturated carbocycles. The Morgan fingerprint density at radius 3 is 2.67 bits per heavy atom. The number of benzene rings is 2. The Bertz CT molecular complexity index is 992. The second-order valence-electron chi connectivity index (χ2n) is 5.70. The predicted molar refractivity (Wildman–Crippen MR) is 109 cm³/mol. The number of para-hydroxylation sites is 1. The van der Waals surface area contributed by atoms with E-state index in [0.717, 1.165) is 16.8 Å². The van der Waals surface area contributed by atoms with Crippen LogP contribution in [0.1, 0.15) is 5.56 Å². The summed E-state index contributed by atoms with van der Waals surface area (Å²) < 4.78 is 1.96. The fourth-order valence-electron chi connectivity index (χ4n) is 2.51. The van der Waals surface area contributed by atoms with Gasteiger partial charge in [-0.25, -0.2) is 0 Å². The Hall–Kier alpha value is -2.75. The second-order valence-corrected chi connectivity index (χ2v) is 7.08. The monoisotopic (exact) mass is 396 g/mol. The molecule has 0 atom stereocenters. The van der Waals surface area contributed by atoms with E-state index in [-0.39, 0.29) is 18.2 Å².